The van der Waals surface area contributed by atoms with Crippen LogP contribution in [-0.4, -0.2) is 51.1 Å². The monoisotopic (exact) mass is 483 g/mol. The highest BCUT2D eigenvalue weighted by Gasteiger charge is 2.25. The van der Waals surface area contributed by atoms with Crippen LogP contribution in [0.25, 0.3) is 6.08 Å². The molecule has 0 spiro atoms. The van der Waals surface area contributed by atoms with Gasteiger partial charge in [-0.25, -0.2) is 0 Å². The van der Waals surface area contributed by atoms with Gasteiger partial charge in [0.25, 0.3) is 0 Å². The van der Waals surface area contributed by atoms with E-state index in [9.17, 15) is 4.79 Å². The largest absolute Gasteiger partial charge is 0.339 e. The molecule has 8 nitrogen and oxygen atoms in total. The number of nitrogens with one attached hydrogen (secondary N) is 1. The van der Waals surface area contributed by atoms with Crippen LogP contribution >= 0.6 is 23.4 Å². The minimum Gasteiger partial charge on any atom is -0.339 e. The van der Waals surface area contributed by atoms with Crippen LogP contribution in [0.3, 0.4) is 0 Å². The van der Waals surface area contributed by atoms with Crippen LogP contribution in [0.4, 0.5) is 0 Å². The summed E-state index contributed by atoms with van der Waals surface area (Å²) in [4.78, 5) is 26.7. The van der Waals surface area contributed by atoms with Crippen LogP contribution < -0.4 is 4.89 Å². The van der Waals surface area contributed by atoms with Crippen molar-refractivity contribution in [3.05, 3.63) is 64.4 Å². The summed E-state index contributed by atoms with van der Waals surface area (Å²) in [5.74, 6) is 1.73. The fraction of sp³-hybridized carbons (Fsp3) is 0.304. The Morgan fingerprint density at radius 3 is 2.88 bits per heavy atom. The molecule has 1 aromatic heterocycles. The second-order valence-corrected chi connectivity index (χ2v) is 9.44. The summed E-state index contributed by atoms with van der Waals surface area (Å²) in [6.07, 6.45) is 5.91. The van der Waals surface area contributed by atoms with Crippen molar-refractivity contribution >= 4 is 35.3 Å². The van der Waals surface area contributed by atoms with Gasteiger partial charge in [0.2, 0.25) is 5.91 Å². The van der Waals surface area contributed by atoms with E-state index < -0.39 is 0 Å². The lowest BCUT2D eigenvalue weighted by atomic mass is 9.96. The number of amides is 1. The smallest absolute Gasteiger partial charge is 0.246 e. The number of aromatic amines is 1. The molecule has 3 heterocycles. The highest BCUT2D eigenvalue weighted by atomic mass is 35.5. The van der Waals surface area contributed by atoms with E-state index >= 15 is 0 Å². The van der Waals surface area contributed by atoms with E-state index in [0.717, 1.165) is 51.8 Å². The Morgan fingerprint density at radius 2 is 2.09 bits per heavy atom. The fourth-order valence-electron chi connectivity index (χ4n) is 3.96. The summed E-state index contributed by atoms with van der Waals surface area (Å²) in [6, 6.07) is 11.8. The lowest BCUT2D eigenvalue weighted by Crippen LogP contribution is -2.37. The number of carbonyl (C=O) groups excluding carboxylic acids is 1. The number of H-pyrrole nitrogens is 1. The van der Waals surface area contributed by atoms with Gasteiger partial charge in [-0.1, -0.05) is 34.6 Å². The van der Waals surface area contributed by atoms with E-state index in [4.69, 9.17) is 21.4 Å². The molecule has 1 amide bonds. The zero-order valence-electron chi connectivity index (χ0n) is 17.7. The predicted molar refractivity (Wildman–Crippen MR) is 124 cm³/mol. The Labute approximate surface area is 200 Å². The number of aromatic nitrogens is 4. The standard InChI is InChI=1S/C23H22ClN5O3S/c24-19-13-15(1-5-21(19)33-18-3-4-20-17(14-18)9-12-31-32-20)2-6-22(30)29-10-7-16(8-11-29)23-25-27-28-26-23/h1-6,13-14,16H,7-12H2,(H,25,26,27,28). The van der Waals surface area contributed by atoms with Gasteiger partial charge >= 0.3 is 0 Å². The third kappa shape index (κ3) is 5.21. The molecule has 0 aliphatic carbocycles. The third-order valence-electron chi connectivity index (χ3n) is 5.77. The number of likely N-dealkylation sites (tertiary alicyclic amines) is 1. The first-order valence-corrected chi connectivity index (χ1v) is 12.0. The number of benzene rings is 2. The van der Waals surface area contributed by atoms with Crippen molar-refractivity contribution in [3.63, 3.8) is 0 Å². The Hall–Kier alpha value is -2.88. The molecule has 33 heavy (non-hydrogen) atoms. The normalized spacial score (nSPS) is 16.6. The van der Waals surface area contributed by atoms with Gasteiger partial charge in [-0.2, -0.15) is 10.1 Å². The molecule has 5 rings (SSSR count). The van der Waals surface area contributed by atoms with Crippen molar-refractivity contribution in [1.29, 1.82) is 0 Å². The number of hydrogen-bond donors (Lipinski definition) is 1. The van der Waals surface area contributed by atoms with Gasteiger partial charge in [0, 0.05) is 46.9 Å². The van der Waals surface area contributed by atoms with Gasteiger partial charge in [0.05, 0.1) is 11.6 Å². The molecule has 0 atom stereocenters. The number of halogens is 1. The first-order chi connectivity index (χ1) is 16.2. The van der Waals surface area contributed by atoms with Crippen molar-refractivity contribution in [3.8, 4) is 5.75 Å². The van der Waals surface area contributed by atoms with Gasteiger partial charge in [0.1, 0.15) is 0 Å². The van der Waals surface area contributed by atoms with Gasteiger partial charge in [0.15, 0.2) is 11.6 Å². The molecule has 1 N–H and O–H groups in total. The molecule has 0 unspecified atom stereocenters. The number of piperidine rings is 1. The van der Waals surface area contributed by atoms with E-state index in [-0.39, 0.29) is 11.8 Å². The molecular weight excluding hydrogens is 462 g/mol. The van der Waals surface area contributed by atoms with Crippen LogP contribution in [0, 0.1) is 0 Å². The maximum atomic E-state index is 12.6. The van der Waals surface area contributed by atoms with Crippen LogP contribution in [0.1, 0.15) is 35.7 Å². The van der Waals surface area contributed by atoms with Gasteiger partial charge in [-0.05, 0) is 54.8 Å². The van der Waals surface area contributed by atoms with Gasteiger partial charge in [-0.3, -0.25) is 4.79 Å². The summed E-state index contributed by atoms with van der Waals surface area (Å²) >= 11 is 8.13. The number of carbonyl (C=O) groups is 1. The SMILES string of the molecule is O=C(C=Cc1ccc(Sc2ccc3c(c2)CCOO3)c(Cl)c1)N1CCC(c2nn[nH]n2)CC1. The minimum atomic E-state index is -0.00334. The van der Waals surface area contributed by atoms with E-state index in [1.54, 1.807) is 17.8 Å². The molecule has 2 aromatic carbocycles. The molecule has 1 fully saturated rings. The summed E-state index contributed by atoms with van der Waals surface area (Å²) < 4.78 is 0. The number of rotatable bonds is 5. The van der Waals surface area contributed by atoms with Crippen molar-refractivity contribution in [1.82, 2.24) is 25.5 Å². The molecule has 0 radical (unpaired) electrons. The Bertz CT molecular complexity index is 1160. The van der Waals surface area contributed by atoms with Crippen LogP contribution in [0.15, 0.2) is 52.3 Å². The number of hydrogen-bond acceptors (Lipinski definition) is 7. The number of nitrogens with zero attached hydrogens (tertiary/aromatic N) is 4. The first-order valence-electron chi connectivity index (χ1n) is 10.8. The van der Waals surface area contributed by atoms with Crippen molar-refractivity contribution in [2.24, 2.45) is 0 Å². The average Bonchev–Trinajstić information content (AvgIpc) is 3.39. The van der Waals surface area contributed by atoms with E-state index in [1.165, 1.54) is 0 Å². The zero-order chi connectivity index (χ0) is 22.6. The van der Waals surface area contributed by atoms with E-state index in [0.29, 0.717) is 24.7 Å². The molecule has 10 heteroatoms. The molecule has 0 saturated carbocycles. The molecule has 1 saturated heterocycles. The average molecular weight is 484 g/mol. The molecule has 3 aromatic rings. The van der Waals surface area contributed by atoms with Crippen molar-refractivity contribution in [2.75, 3.05) is 19.7 Å². The van der Waals surface area contributed by atoms with E-state index in [2.05, 4.69) is 26.7 Å². The third-order valence-corrected chi connectivity index (χ3v) is 7.26. The maximum Gasteiger partial charge on any atom is 0.246 e. The molecular formula is C23H22ClN5O3S. The second-order valence-electron chi connectivity index (χ2n) is 7.92. The molecule has 2 aliphatic rings. The lowest BCUT2D eigenvalue weighted by Gasteiger charge is -2.29. The number of tetrazole rings is 1. The topological polar surface area (TPSA) is 93.2 Å². The van der Waals surface area contributed by atoms with Crippen molar-refractivity contribution < 1.29 is 14.6 Å². The van der Waals surface area contributed by atoms with Gasteiger partial charge < -0.3 is 9.79 Å². The van der Waals surface area contributed by atoms with E-state index in [1.807, 2.05) is 41.3 Å². The summed E-state index contributed by atoms with van der Waals surface area (Å²) in [5.41, 5.74) is 2.01. The Kier molecular flexibility index (Phi) is 6.61. The van der Waals surface area contributed by atoms with Crippen LogP contribution in [-0.2, 0) is 16.1 Å². The second kappa shape index (κ2) is 9.94. The zero-order valence-corrected chi connectivity index (χ0v) is 19.3. The maximum absolute atomic E-state index is 12.6. The summed E-state index contributed by atoms with van der Waals surface area (Å²) in [5, 5.41) is 14.9. The summed E-state index contributed by atoms with van der Waals surface area (Å²) in [7, 11) is 0. The quantitative estimate of drug-likeness (QED) is 0.427. The molecule has 170 valence electrons. The lowest BCUT2D eigenvalue weighted by molar-refractivity contribution is -0.215. The minimum absolute atomic E-state index is 0.00334. The molecule has 0 bridgehead atoms. The Balaban J connectivity index is 1.18. The Morgan fingerprint density at radius 1 is 1.21 bits per heavy atom. The predicted octanol–water partition coefficient (Wildman–Crippen LogP) is 4.29. The highest BCUT2D eigenvalue weighted by molar-refractivity contribution is 7.99. The van der Waals surface area contributed by atoms with Crippen LogP contribution in [0.5, 0.6) is 5.75 Å². The molecule has 2 aliphatic heterocycles. The summed E-state index contributed by atoms with van der Waals surface area (Å²) in [6.45, 7) is 1.91. The van der Waals surface area contributed by atoms with Crippen molar-refractivity contribution in [2.45, 2.75) is 35.0 Å². The fourth-order valence-corrected chi connectivity index (χ4v) is 5.15. The number of fused-ring (bicyclic) bond motifs is 1. The van der Waals surface area contributed by atoms with Gasteiger partial charge in [-0.15, -0.1) is 10.2 Å². The highest BCUT2D eigenvalue weighted by Crippen LogP contribution is 2.37. The first kappa shape index (κ1) is 21.9. The van der Waals surface area contributed by atoms with Crippen LogP contribution in [0.2, 0.25) is 5.02 Å².